The molecule has 2 aromatic carbocycles. The van der Waals surface area contributed by atoms with Crippen molar-refractivity contribution in [2.45, 2.75) is 12.8 Å². The average molecular weight is 428 g/mol. The standard InChI is InChI=1S/C23H20N6O3/c24-14-18-13-19(29(31)32)8-9-20(18)25-23(30)17-7-4-12-28(15-17)22-11-10-21(26-27-22)16-5-2-1-3-6-16/h1-3,5-6,8-11,13,17H,4,7,12,15H2,(H,25,30). The zero-order valence-corrected chi connectivity index (χ0v) is 17.1. The highest BCUT2D eigenvalue weighted by molar-refractivity contribution is 5.94. The van der Waals surface area contributed by atoms with Crippen LogP contribution in [-0.2, 0) is 4.79 Å². The molecule has 4 rings (SSSR count). The molecule has 9 nitrogen and oxygen atoms in total. The highest BCUT2D eigenvalue weighted by Crippen LogP contribution is 2.26. The number of piperidine rings is 1. The number of hydrogen-bond donors (Lipinski definition) is 1. The molecule has 1 atom stereocenters. The first-order valence-corrected chi connectivity index (χ1v) is 10.2. The quantitative estimate of drug-likeness (QED) is 0.484. The summed E-state index contributed by atoms with van der Waals surface area (Å²) in [5, 5.41) is 31.6. The van der Waals surface area contributed by atoms with E-state index in [0.717, 1.165) is 30.3 Å². The van der Waals surface area contributed by atoms with E-state index in [0.29, 0.717) is 18.8 Å². The number of anilines is 2. The molecule has 1 saturated heterocycles. The van der Waals surface area contributed by atoms with E-state index >= 15 is 0 Å². The number of aromatic nitrogens is 2. The molecule has 1 unspecified atom stereocenters. The minimum absolute atomic E-state index is 0.0579. The predicted molar refractivity (Wildman–Crippen MR) is 119 cm³/mol. The van der Waals surface area contributed by atoms with Crippen molar-refractivity contribution in [3.05, 3.63) is 76.3 Å². The first-order chi connectivity index (χ1) is 15.5. The maximum atomic E-state index is 12.9. The van der Waals surface area contributed by atoms with Gasteiger partial charge in [0.2, 0.25) is 5.91 Å². The molecule has 0 bridgehead atoms. The lowest BCUT2D eigenvalue weighted by Gasteiger charge is -2.32. The Hall–Kier alpha value is -4.32. The second-order valence-electron chi connectivity index (χ2n) is 7.52. The summed E-state index contributed by atoms with van der Waals surface area (Å²) in [5.74, 6) is 0.172. The Morgan fingerprint density at radius 2 is 1.97 bits per heavy atom. The maximum absolute atomic E-state index is 12.9. The number of non-ortho nitro benzene ring substituents is 1. The minimum atomic E-state index is -0.574. The van der Waals surface area contributed by atoms with E-state index in [1.807, 2.05) is 53.4 Å². The largest absolute Gasteiger partial charge is 0.354 e. The number of nitrogens with zero attached hydrogens (tertiary/aromatic N) is 5. The number of nitrogens with one attached hydrogen (secondary N) is 1. The Bertz CT molecular complexity index is 1170. The first-order valence-electron chi connectivity index (χ1n) is 10.2. The summed E-state index contributed by atoms with van der Waals surface area (Å²) in [6.45, 7) is 1.24. The number of amides is 1. The molecule has 2 heterocycles. The molecule has 3 aromatic rings. The molecule has 1 N–H and O–H groups in total. The van der Waals surface area contributed by atoms with Crippen molar-refractivity contribution in [2.75, 3.05) is 23.3 Å². The second-order valence-corrected chi connectivity index (χ2v) is 7.52. The van der Waals surface area contributed by atoms with Crippen LogP contribution in [0, 0.1) is 27.4 Å². The molecule has 1 aliphatic heterocycles. The van der Waals surface area contributed by atoms with Crippen LogP contribution in [0.1, 0.15) is 18.4 Å². The van der Waals surface area contributed by atoms with Crippen LogP contribution in [0.2, 0.25) is 0 Å². The highest BCUT2D eigenvalue weighted by Gasteiger charge is 2.27. The summed E-state index contributed by atoms with van der Waals surface area (Å²) in [5.41, 5.74) is 1.90. The summed E-state index contributed by atoms with van der Waals surface area (Å²) in [4.78, 5) is 25.2. The van der Waals surface area contributed by atoms with Crippen molar-refractivity contribution >= 4 is 23.1 Å². The van der Waals surface area contributed by atoms with Crippen LogP contribution < -0.4 is 10.2 Å². The van der Waals surface area contributed by atoms with Crippen LogP contribution in [0.15, 0.2) is 60.7 Å². The Morgan fingerprint density at radius 1 is 1.16 bits per heavy atom. The monoisotopic (exact) mass is 428 g/mol. The summed E-state index contributed by atoms with van der Waals surface area (Å²) in [6, 6.07) is 19.3. The molecule has 0 saturated carbocycles. The van der Waals surface area contributed by atoms with E-state index in [2.05, 4.69) is 15.5 Å². The third-order valence-corrected chi connectivity index (χ3v) is 5.43. The zero-order chi connectivity index (χ0) is 22.5. The maximum Gasteiger partial charge on any atom is 0.270 e. The lowest BCUT2D eigenvalue weighted by molar-refractivity contribution is -0.384. The fourth-order valence-corrected chi connectivity index (χ4v) is 3.74. The van der Waals surface area contributed by atoms with Gasteiger partial charge in [-0.3, -0.25) is 14.9 Å². The molecule has 1 aromatic heterocycles. The van der Waals surface area contributed by atoms with Crippen molar-refractivity contribution < 1.29 is 9.72 Å². The molecular weight excluding hydrogens is 408 g/mol. The molecule has 160 valence electrons. The van der Waals surface area contributed by atoms with Gasteiger partial charge in [0.1, 0.15) is 6.07 Å². The molecule has 1 amide bonds. The topological polar surface area (TPSA) is 125 Å². The van der Waals surface area contributed by atoms with Gasteiger partial charge in [-0.05, 0) is 31.0 Å². The Labute approximate surface area is 184 Å². The molecular formula is C23H20N6O3. The third kappa shape index (κ3) is 4.54. The smallest absolute Gasteiger partial charge is 0.270 e. The summed E-state index contributed by atoms with van der Waals surface area (Å²) in [6.07, 6.45) is 1.51. The lowest BCUT2D eigenvalue weighted by Crippen LogP contribution is -2.41. The Morgan fingerprint density at radius 3 is 2.66 bits per heavy atom. The van der Waals surface area contributed by atoms with Gasteiger partial charge in [-0.2, -0.15) is 5.26 Å². The van der Waals surface area contributed by atoms with Gasteiger partial charge in [-0.25, -0.2) is 0 Å². The molecule has 0 aliphatic carbocycles. The van der Waals surface area contributed by atoms with Crippen LogP contribution in [0.5, 0.6) is 0 Å². The first kappa shape index (κ1) is 20.9. The van der Waals surface area contributed by atoms with Crippen LogP contribution in [0.3, 0.4) is 0 Å². The number of carbonyl (C=O) groups excluding carboxylic acids is 1. The van der Waals surface area contributed by atoms with E-state index in [4.69, 9.17) is 0 Å². The molecule has 0 spiro atoms. The van der Waals surface area contributed by atoms with Crippen molar-refractivity contribution in [1.29, 1.82) is 5.26 Å². The molecule has 32 heavy (non-hydrogen) atoms. The molecule has 1 fully saturated rings. The SMILES string of the molecule is N#Cc1cc([N+](=O)[O-])ccc1NC(=O)C1CCCN(c2ccc(-c3ccccc3)nn2)C1. The average Bonchev–Trinajstić information content (AvgIpc) is 2.85. The van der Waals surface area contributed by atoms with Crippen LogP contribution in [0.25, 0.3) is 11.3 Å². The number of rotatable bonds is 5. The number of carbonyl (C=O) groups is 1. The summed E-state index contributed by atoms with van der Waals surface area (Å²) in [7, 11) is 0. The van der Waals surface area contributed by atoms with Crippen LogP contribution in [-0.4, -0.2) is 34.1 Å². The normalized spacial score (nSPS) is 15.6. The summed E-state index contributed by atoms with van der Waals surface area (Å²) >= 11 is 0. The molecule has 0 radical (unpaired) electrons. The van der Waals surface area contributed by atoms with Gasteiger partial charge < -0.3 is 10.2 Å². The van der Waals surface area contributed by atoms with Crippen LogP contribution >= 0.6 is 0 Å². The van der Waals surface area contributed by atoms with Gasteiger partial charge in [0.25, 0.3) is 5.69 Å². The predicted octanol–water partition coefficient (Wildman–Crippen LogP) is 3.78. The van der Waals surface area contributed by atoms with E-state index < -0.39 is 4.92 Å². The molecule has 9 heteroatoms. The van der Waals surface area contributed by atoms with Crippen molar-refractivity contribution in [2.24, 2.45) is 5.92 Å². The van der Waals surface area contributed by atoms with Gasteiger partial charge in [0, 0.05) is 30.8 Å². The minimum Gasteiger partial charge on any atom is -0.354 e. The van der Waals surface area contributed by atoms with Gasteiger partial charge in [-0.1, -0.05) is 30.3 Å². The number of nitro benzene ring substituents is 1. The van der Waals surface area contributed by atoms with E-state index in [1.165, 1.54) is 12.1 Å². The van der Waals surface area contributed by atoms with Crippen LogP contribution in [0.4, 0.5) is 17.2 Å². The Balaban J connectivity index is 1.44. The van der Waals surface area contributed by atoms with Crippen molar-refractivity contribution in [1.82, 2.24) is 10.2 Å². The van der Waals surface area contributed by atoms with Crippen molar-refractivity contribution in [3.8, 4) is 17.3 Å². The van der Waals surface area contributed by atoms with E-state index in [9.17, 15) is 20.2 Å². The fraction of sp³-hybridized carbons (Fsp3) is 0.217. The fourth-order valence-electron chi connectivity index (χ4n) is 3.74. The highest BCUT2D eigenvalue weighted by atomic mass is 16.6. The third-order valence-electron chi connectivity index (χ3n) is 5.43. The number of nitriles is 1. The molecule has 1 aliphatic rings. The van der Waals surface area contributed by atoms with E-state index in [1.54, 1.807) is 0 Å². The van der Waals surface area contributed by atoms with Gasteiger partial charge in [0.05, 0.1) is 27.8 Å². The summed E-state index contributed by atoms with van der Waals surface area (Å²) < 4.78 is 0. The second kappa shape index (κ2) is 9.22. The van der Waals surface area contributed by atoms with E-state index in [-0.39, 0.29) is 28.8 Å². The number of hydrogen-bond acceptors (Lipinski definition) is 7. The van der Waals surface area contributed by atoms with Gasteiger partial charge in [-0.15, -0.1) is 10.2 Å². The van der Waals surface area contributed by atoms with Gasteiger partial charge in [0.15, 0.2) is 5.82 Å². The number of nitro groups is 1. The lowest BCUT2D eigenvalue weighted by atomic mass is 9.96. The Kier molecular flexibility index (Phi) is 6.03. The zero-order valence-electron chi connectivity index (χ0n) is 17.1. The van der Waals surface area contributed by atoms with Gasteiger partial charge >= 0.3 is 0 Å². The van der Waals surface area contributed by atoms with Crippen molar-refractivity contribution in [3.63, 3.8) is 0 Å². The number of benzene rings is 2.